The Hall–Kier alpha value is -1.78. The maximum absolute atomic E-state index is 13.1. The third kappa shape index (κ3) is 2.87. The van der Waals surface area contributed by atoms with Gasteiger partial charge in [-0.25, -0.2) is 4.39 Å². The van der Waals surface area contributed by atoms with E-state index in [9.17, 15) is 9.18 Å². The average molecular weight is 239 g/mol. The van der Waals surface area contributed by atoms with Gasteiger partial charge in [-0.2, -0.15) is 0 Å². The normalized spacial score (nSPS) is 14.1. The quantitative estimate of drug-likeness (QED) is 0.871. The summed E-state index contributed by atoms with van der Waals surface area (Å²) in [6.45, 7) is 1.81. The lowest BCUT2D eigenvalue weighted by molar-refractivity contribution is -0.137. The SMILES string of the molecule is O=C(O)CCCN1CCOc2ccc(F)cc21. The summed E-state index contributed by atoms with van der Waals surface area (Å²) >= 11 is 0. The minimum Gasteiger partial charge on any atom is -0.490 e. The number of ether oxygens (including phenoxy) is 1. The van der Waals surface area contributed by atoms with E-state index in [1.54, 1.807) is 6.07 Å². The summed E-state index contributed by atoms with van der Waals surface area (Å²) < 4.78 is 18.6. The second-order valence-corrected chi connectivity index (χ2v) is 3.94. The van der Waals surface area contributed by atoms with Gasteiger partial charge in [0.25, 0.3) is 0 Å². The monoisotopic (exact) mass is 239 g/mol. The van der Waals surface area contributed by atoms with Gasteiger partial charge in [0.15, 0.2) is 0 Å². The Morgan fingerprint density at radius 2 is 2.35 bits per heavy atom. The van der Waals surface area contributed by atoms with Crippen LogP contribution in [0.3, 0.4) is 0 Å². The van der Waals surface area contributed by atoms with Gasteiger partial charge in [0.05, 0.1) is 12.2 Å². The van der Waals surface area contributed by atoms with Crippen LogP contribution < -0.4 is 9.64 Å². The summed E-state index contributed by atoms with van der Waals surface area (Å²) in [5, 5.41) is 8.58. The van der Waals surface area contributed by atoms with E-state index in [-0.39, 0.29) is 12.2 Å². The number of rotatable bonds is 4. The number of carboxylic acids is 1. The molecule has 5 heteroatoms. The topological polar surface area (TPSA) is 49.8 Å². The van der Waals surface area contributed by atoms with E-state index in [0.29, 0.717) is 37.6 Å². The van der Waals surface area contributed by atoms with Crippen molar-refractivity contribution in [3.63, 3.8) is 0 Å². The molecule has 0 bridgehead atoms. The van der Waals surface area contributed by atoms with Gasteiger partial charge < -0.3 is 14.7 Å². The fourth-order valence-corrected chi connectivity index (χ4v) is 1.90. The first-order chi connectivity index (χ1) is 8.16. The molecule has 0 aliphatic carbocycles. The molecule has 1 N–H and O–H groups in total. The van der Waals surface area contributed by atoms with E-state index >= 15 is 0 Å². The van der Waals surface area contributed by atoms with Crippen LogP contribution >= 0.6 is 0 Å². The third-order valence-electron chi connectivity index (χ3n) is 2.70. The zero-order valence-corrected chi connectivity index (χ0v) is 9.36. The van der Waals surface area contributed by atoms with Crippen molar-refractivity contribution in [1.29, 1.82) is 0 Å². The molecule has 0 fully saturated rings. The van der Waals surface area contributed by atoms with Crippen molar-refractivity contribution in [3.8, 4) is 5.75 Å². The summed E-state index contributed by atoms with van der Waals surface area (Å²) in [6, 6.07) is 4.39. The molecular formula is C12H14FNO3. The maximum Gasteiger partial charge on any atom is 0.303 e. The maximum atomic E-state index is 13.1. The van der Waals surface area contributed by atoms with Gasteiger partial charge in [-0.3, -0.25) is 4.79 Å². The Morgan fingerprint density at radius 3 is 3.12 bits per heavy atom. The van der Waals surface area contributed by atoms with Crippen LogP contribution in [0, 0.1) is 5.82 Å². The molecule has 0 atom stereocenters. The first-order valence-corrected chi connectivity index (χ1v) is 5.56. The summed E-state index contributed by atoms with van der Waals surface area (Å²) in [6.07, 6.45) is 0.674. The zero-order chi connectivity index (χ0) is 12.3. The highest BCUT2D eigenvalue weighted by molar-refractivity contribution is 5.67. The van der Waals surface area contributed by atoms with Crippen LogP contribution in [0.15, 0.2) is 18.2 Å². The van der Waals surface area contributed by atoms with Crippen molar-refractivity contribution < 1.29 is 19.0 Å². The van der Waals surface area contributed by atoms with E-state index < -0.39 is 5.97 Å². The Bertz CT molecular complexity index is 422. The highest BCUT2D eigenvalue weighted by Gasteiger charge is 2.18. The minimum atomic E-state index is -0.808. The molecule has 1 heterocycles. The third-order valence-corrected chi connectivity index (χ3v) is 2.70. The fraction of sp³-hybridized carbons (Fsp3) is 0.417. The number of aliphatic carboxylic acids is 1. The van der Waals surface area contributed by atoms with Crippen LogP contribution in [0.1, 0.15) is 12.8 Å². The molecule has 1 aromatic carbocycles. The van der Waals surface area contributed by atoms with Crippen LogP contribution in [0.4, 0.5) is 10.1 Å². The number of nitrogens with zero attached hydrogens (tertiary/aromatic N) is 1. The number of hydrogen-bond acceptors (Lipinski definition) is 3. The molecule has 0 aromatic heterocycles. The minimum absolute atomic E-state index is 0.127. The Balaban J connectivity index is 2.05. The van der Waals surface area contributed by atoms with Gasteiger partial charge in [-0.1, -0.05) is 0 Å². The van der Waals surface area contributed by atoms with Crippen LogP contribution in [-0.2, 0) is 4.79 Å². The van der Waals surface area contributed by atoms with Crippen molar-refractivity contribution in [1.82, 2.24) is 0 Å². The fourth-order valence-electron chi connectivity index (χ4n) is 1.90. The molecule has 2 rings (SSSR count). The lowest BCUT2D eigenvalue weighted by Crippen LogP contribution is -2.33. The smallest absolute Gasteiger partial charge is 0.303 e. The molecule has 1 aliphatic heterocycles. The second kappa shape index (κ2) is 5.03. The number of anilines is 1. The molecule has 17 heavy (non-hydrogen) atoms. The van der Waals surface area contributed by atoms with Crippen LogP contribution in [0.25, 0.3) is 0 Å². The summed E-state index contributed by atoms with van der Waals surface area (Å²) in [5.74, 6) is -0.455. The lowest BCUT2D eigenvalue weighted by atomic mass is 10.2. The zero-order valence-electron chi connectivity index (χ0n) is 9.36. The van der Waals surface area contributed by atoms with Crippen molar-refractivity contribution in [2.75, 3.05) is 24.6 Å². The first kappa shape index (κ1) is 11.7. The van der Waals surface area contributed by atoms with Gasteiger partial charge in [-0.05, 0) is 18.6 Å². The van der Waals surface area contributed by atoms with Crippen LogP contribution in [0.5, 0.6) is 5.75 Å². The van der Waals surface area contributed by atoms with E-state index in [4.69, 9.17) is 9.84 Å². The molecule has 92 valence electrons. The van der Waals surface area contributed by atoms with Gasteiger partial charge in [0.2, 0.25) is 0 Å². The van der Waals surface area contributed by atoms with Gasteiger partial charge >= 0.3 is 5.97 Å². The van der Waals surface area contributed by atoms with Gasteiger partial charge in [-0.15, -0.1) is 0 Å². The van der Waals surface area contributed by atoms with Gasteiger partial charge in [0.1, 0.15) is 18.2 Å². The molecule has 4 nitrogen and oxygen atoms in total. The molecule has 0 unspecified atom stereocenters. The molecule has 0 saturated heterocycles. The molecule has 1 aliphatic rings. The Morgan fingerprint density at radius 1 is 1.53 bits per heavy atom. The number of benzene rings is 1. The largest absolute Gasteiger partial charge is 0.490 e. The van der Waals surface area contributed by atoms with Gasteiger partial charge in [0, 0.05) is 19.0 Å². The Kier molecular flexibility index (Phi) is 3.46. The average Bonchev–Trinajstić information content (AvgIpc) is 2.29. The van der Waals surface area contributed by atoms with Crippen LogP contribution in [-0.4, -0.2) is 30.8 Å². The predicted octanol–water partition coefficient (Wildman–Crippen LogP) is 1.89. The van der Waals surface area contributed by atoms with E-state index in [0.717, 1.165) is 0 Å². The number of fused-ring (bicyclic) bond motifs is 1. The standard InChI is InChI=1S/C12H14FNO3/c13-9-3-4-11-10(8-9)14(6-7-17-11)5-1-2-12(15)16/h3-4,8H,1-2,5-7H2,(H,15,16). The lowest BCUT2D eigenvalue weighted by Gasteiger charge is -2.31. The molecule has 0 spiro atoms. The van der Waals surface area contributed by atoms with E-state index in [1.807, 2.05) is 4.90 Å². The van der Waals surface area contributed by atoms with Crippen molar-refractivity contribution in [3.05, 3.63) is 24.0 Å². The first-order valence-electron chi connectivity index (χ1n) is 5.56. The molecule has 0 saturated carbocycles. The molecule has 0 radical (unpaired) electrons. The number of carbonyl (C=O) groups is 1. The Labute approximate surface area is 98.6 Å². The molecule has 0 amide bonds. The second-order valence-electron chi connectivity index (χ2n) is 3.94. The number of halogens is 1. The van der Waals surface area contributed by atoms with E-state index in [2.05, 4.69) is 0 Å². The number of carboxylic acid groups (broad SMARTS) is 1. The number of hydrogen-bond donors (Lipinski definition) is 1. The summed E-state index contributed by atoms with van der Waals surface area (Å²) in [5.41, 5.74) is 0.710. The molecular weight excluding hydrogens is 225 g/mol. The van der Waals surface area contributed by atoms with E-state index in [1.165, 1.54) is 12.1 Å². The highest BCUT2D eigenvalue weighted by Crippen LogP contribution is 2.32. The predicted molar refractivity (Wildman–Crippen MR) is 61.0 cm³/mol. The summed E-state index contributed by atoms with van der Waals surface area (Å²) in [4.78, 5) is 12.4. The van der Waals surface area contributed by atoms with Crippen molar-refractivity contribution in [2.45, 2.75) is 12.8 Å². The highest BCUT2D eigenvalue weighted by atomic mass is 19.1. The van der Waals surface area contributed by atoms with Crippen molar-refractivity contribution in [2.24, 2.45) is 0 Å². The van der Waals surface area contributed by atoms with Crippen molar-refractivity contribution >= 4 is 11.7 Å². The summed E-state index contributed by atoms with van der Waals surface area (Å²) in [7, 11) is 0. The molecule has 1 aromatic rings. The van der Waals surface area contributed by atoms with Crippen LogP contribution in [0.2, 0.25) is 0 Å².